The third kappa shape index (κ3) is 2.80. The van der Waals surface area contributed by atoms with Gasteiger partial charge in [0.1, 0.15) is 5.58 Å². The zero-order valence-corrected chi connectivity index (χ0v) is 14.9. The molecule has 0 spiro atoms. The Morgan fingerprint density at radius 3 is 2.88 bits per heavy atom. The Bertz CT molecular complexity index is 927. The summed E-state index contributed by atoms with van der Waals surface area (Å²) in [5.74, 6) is 0. The van der Waals surface area contributed by atoms with Gasteiger partial charge < -0.3 is 4.42 Å². The molecule has 1 aliphatic heterocycles. The lowest BCUT2D eigenvalue weighted by Crippen LogP contribution is -2.23. The van der Waals surface area contributed by atoms with Crippen molar-refractivity contribution in [2.45, 2.75) is 39.3 Å². The van der Waals surface area contributed by atoms with Gasteiger partial charge in [0, 0.05) is 28.9 Å². The van der Waals surface area contributed by atoms with Crippen molar-refractivity contribution in [2.24, 2.45) is 0 Å². The van der Waals surface area contributed by atoms with Gasteiger partial charge >= 0.3 is 5.63 Å². The monoisotopic (exact) mass is 339 g/mol. The van der Waals surface area contributed by atoms with E-state index >= 15 is 0 Å². The Balaban J connectivity index is 1.74. The lowest BCUT2D eigenvalue weighted by Gasteiger charge is -2.24. The van der Waals surface area contributed by atoms with Gasteiger partial charge in [-0.15, -0.1) is 11.3 Å². The SMILES string of the molecule is Cc1cc2oc(=O)cc(CN3CCC[C@H]3c3cccs3)c2cc1C. The van der Waals surface area contributed by atoms with Gasteiger partial charge in [-0.1, -0.05) is 6.07 Å². The molecule has 2 aromatic heterocycles. The molecule has 4 heteroatoms. The van der Waals surface area contributed by atoms with Crippen LogP contribution < -0.4 is 5.63 Å². The highest BCUT2D eigenvalue weighted by Gasteiger charge is 2.27. The molecule has 124 valence electrons. The number of fused-ring (bicyclic) bond motifs is 1. The van der Waals surface area contributed by atoms with Crippen LogP contribution in [0.4, 0.5) is 0 Å². The zero-order valence-electron chi connectivity index (χ0n) is 14.0. The van der Waals surface area contributed by atoms with E-state index in [4.69, 9.17) is 4.42 Å². The lowest BCUT2D eigenvalue weighted by molar-refractivity contribution is 0.252. The molecule has 24 heavy (non-hydrogen) atoms. The number of hydrogen-bond donors (Lipinski definition) is 0. The second kappa shape index (κ2) is 6.19. The fourth-order valence-electron chi connectivity index (χ4n) is 3.65. The first-order valence-electron chi connectivity index (χ1n) is 8.43. The molecule has 0 aliphatic carbocycles. The minimum atomic E-state index is -0.257. The van der Waals surface area contributed by atoms with Crippen molar-refractivity contribution in [3.05, 3.63) is 67.7 Å². The fourth-order valence-corrected chi connectivity index (χ4v) is 4.55. The molecule has 0 unspecified atom stereocenters. The number of benzene rings is 1. The third-order valence-corrected chi connectivity index (χ3v) is 6.03. The standard InChI is InChI=1S/C20H21NO2S/c1-13-9-16-15(11-20(22)23-18(16)10-14(13)2)12-21-7-3-5-17(21)19-6-4-8-24-19/h4,6,8-11,17H,3,5,7,12H2,1-2H3/t17-/m0/s1. The number of hydrogen-bond acceptors (Lipinski definition) is 4. The topological polar surface area (TPSA) is 33.5 Å². The van der Waals surface area contributed by atoms with Crippen LogP contribution in [0.5, 0.6) is 0 Å². The van der Waals surface area contributed by atoms with E-state index in [0.717, 1.165) is 29.6 Å². The average Bonchev–Trinajstić information content (AvgIpc) is 3.20. The first-order valence-corrected chi connectivity index (χ1v) is 9.31. The van der Waals surface area contributed by atoms with Gasteiger partial charge in [-0.25, -0.2) is 4.79 Å². The number of rotatable bonds is 3. The van der Waals surface area contributed by atoms with E-state index in [1.807, 2.05) is 17.4 Å². The largest absolute Gasteiger partial charge is 0.423 e. The van der Waals surface area contributed by atoms with Crippen molar-refractivity contribution in [3.63, 3.8) is 0 Å². The van der Waals surface area contributed by atoms with Crippen LogP contribution in [0.25, 0.3) is 11.0 Å². The van der Waals surface area contributed by atoms with E-state index in [2.05, 4.69) is 42.3 Å². The van der Waals surface area contributed by atoms with Gasteiger partial charge in [0.05, 0.1) is 0 Å². The highest BCUT2D eigenvalue weighted by Crippen LogP contribution is 2.36. The van der Waals surface area contributed by atoms with Crippen LogP contribution in [0.2, 0.25) is 0 Å². The highest BCUT2D eigenvalue weighted by atomic mass is 32.1. The summed E-state index contributed by atoms with van der Waals surface area (Å²) in [5, 5.41) is 3.21. The number of thiophene rings is 1. The third-order valence-electron chi connectivity index (χ3n) is 5.05. The molecule has 0 bridgehead atoms. The maximum absolute atomic E-state index is 12.0. The lowest BCUT2D eigenvalue weighted by atomic mass is 10.0. The summed E-state index contributed by atoms with van der Waals surface area (Å²) >= 11 is 1.82. The zero-order chi connectivity index (χ0) is 16.7. The quantitative estimate of drug-likeness (QED) is 0.642. The van der Waals surface area contributed by atoms with Crippen LogP contribution in [0.3, 0.4) is 0 Å². The van der Waals surface area contributed by atoms with Crippen LogP contribution in [0.15, 0.2) is 44.9 Å². The second-order valence-corrected chi connectivity index (χ2v) is 7.65. The molecule has 3 nitrogen and oxygen atoms in total. The normalized spacial score (nSPS) is 18.5. The van der Waals surface area contributed by atoms with Crippen molar-refractivity contribution >= 4 is 22.3 Å². The molecule has 1 aromatic carbocycles. The molecule has 3 aromatic rings. The summed E-state index contributed by atoms with van der Waals surface area (Å²) in [6, 6.07) is 10.6. The van der Waals surface area contributed by atoms with E-state index in [0.29, 0.717) is 11.6 Å². The summed E-state index contributed by atoms with van der Waals surface area (Å²) in [5.41, 5.74) is 3.90. The molecule has 3 heterocycles. The van der Waals surface area contributed by atoms with Crippen molar-refractivity contribution in [2.75, 3.05) is 6.54 Å². The van der Waals surface area contributed by atoms with Gasteiger partial charge in [-0.05, 0) is 73.5 Å². The van der Waals surface area contributed by atoms with Gasteiger partial charge in [0.25, 0.3) is 0 Å². The second-order valence-electron chi connectivity index (χ2n) is 6.67. The van der Waals surface area contributed by atoms with Crippen LogP contribution in [-0.4, -0.2) is 11.4 Å². The predicted molar refractivity (Wildman–Crippen MR) is 98.7 cm³/mol. The summed E-state index contributed by atoms with van der Waals surface area (Å²) in [6.07, 6.45) is 2.40. The Kier molecular flexibility index (Phi) is 4.02. The number of nitrogens with zero attached hydrogens (tertiary/aromatic N) is 1. The Morgan fingerprint density at radius 2 is 2.08 bits per heavy atom. The summed E-state index contributed by atoms with van der Waals surface area (Å²) in [6.45, 7) is 6.03. The molecular weight excluding hydrogens is 318 g/mol. The van der Waals surface area contributed by atoms with Gasteiger partial charge in [-0.2, -0.15) is 0 Å². The van der Waals surface area contributed by atoms with E-state index in [9.17, 15) is 4.79 Å². The number of aryl methyl sites for hydroxylation is 2. The molecule has 1 atom stereocenters. The molecule has 1 saturated heterocycles. The minimum Gasteiger partial charge on any atom is -0.423 e. The van der Waals surface area contributed by atoms with Gasteiger partial charge in [0.2, 0.25) is 0 Å². The van der Waals surface area contributed by atoms with E-state index < -0.39 is 0 Å². The fraction of sp³-hybridized carbons (Fsp3) is 0.350. The minimum absolute atomic E-state index is 0.257. The number of likely N-dealkylation sites (tertiary alicyclic amines) is 1. The van der Waals surface area contributed by atoms with E-state index in [-0.39, 0.29) is 5.63 Å². The predicted octanol–water partition coefficient (Wildman–Crippen LogP) is 4.81. The molecule has 0 saturated carbocycles. The van der Waals surface area contributed by atoms with Crippen LogP contribution in [-0.2, 0) is 6.54 Å². The molecule has 0 radical (unpaired) electrons. The van der Waals surface area contributed by atoms with Crippen molar-refractivity contribution in [1.82, 2.24) is 4.90 Å². The van der Waals surface area contributed by atoms with Crippen molar-refractivity contribution < 1.29 is 4.42 Å². The maximum Gasteiger partial charge on any atom is 0.336 e. The Morgan fingerprint density at radius 1 is 1.25 bits per heavy atom. The average molecular weight is 339 g/mol. The van der Waals surface area contributed by atoms with Crippen molar-refractivity contribution in [1.29, 1.82) is 0 Å². The molecule has 0 amide bonds. The summed E-state index contributed by atoms with van der Waals surface area (Å²) in [4.78, 5) is 15.9. The van der Waals surface area contributed by atoms with Crippen LogP contribution in [0, 0.1) is 13.8 Å². The van der Waals surface area contributed by atoms with E-state index in [1.165, 1.54) is 23.3 Å². The summed E-state index contributed by atoms with van der Waals surface area (Å²) < 4.78 is 5.43. The van der Waals surface area contributed by atoms with Crippen LogP contribution >= 0.6 is 11.3 Å². The molecule has 0 N–H and O–H groups in total. The van der Waals surface area contributed by atoms with Crippen molar-refractivity contribution in [3.8, 4) is 0 Å². The molecular formula is C20H21NO2S. The Labute approximate surface area is 145 Å². The van der Waals surface area contributed by atoms with Gasteiger partial charge in [-0.3, -0.25) is 4.90 Å². The van der Waals surface area contributed by atoms with E-state index in [1.54, 1.807) is 6.07 Å². The molecule has 1 aliphatic rings. The first-order chi connectivity index (χ1) is 11.6. The van der Waals surface area contributed by atoms with Gasteiger partial charge in [0.15, 0.2) is 0 Å². The highest BCUT2D eigenvalue weighted by molar-refractivity contribution is 7.10. The summed E-state index contributed by atoms with van der Waals surface area (Å²) in [7, 11) is 0. The van der Waals surface area contributed by atoms with Crippen LogP contribution in [0.1, 0.15) is 40.5 Å². The maximum atomic E-state index is 12.0. The molecule has 4 rings (SSSR count). The smallest absolute Gasteiger partial charge is 0.336 e. The first kappa shape index (κ1) is 15.6. The Hall–Kier alpha value is -1.91. The molecule has 1 fully saturated rings.